The van der Waals surface area contributed by atoms with E-state index in [0.717, 1.165) is 13.0 Å². The lowest BCUT2D eigenvalue weighted by Crippen LogP contribution is -2.15. The van der Waals surface area contributed by atoms with Crippen molar-refractivity contribution < 1.29 is 4.39 Å². The average Bonchev–Trinajstić information content (AvgIpc) is 2.86. The summed E-state index contributed by atoms with van der Waals surface area (Å²) >= 11 is 1.78. The third-order valence-corrected chi connectivity index (χ3v) is 5.94. The number of aryl methyl sites for hydroxylation is 2. The Balaban J connectivity index is 2.26. The SMILES string of the molecule is CCCCCc1cc(C(C)(C)C)cc(C)c1SN1CCC(F)C1. The first-order valence-corrected chi connectivity index (χ1v) is 9.79. The average molecular weight is 338 g/mol. The van der Waals surface area contributed by atoms with E-state index in [1.165, 1.54) is 40.8 Å². The van der Waals surface area contributed by atoms with Gasteiger partial charge >= 0.3 is 0 Å². The van der Waals surface area contributed by atoms with E-state index in [4.69, 9.17) is 0 Å². The van der Waals surface area contributed by atoms with Gasteiger partial charge in [-0.15, -0.1) is 0 Å². The molecule has 2 rings (SSSR count). The lowest BCUT2D eigenvalue weighted by molar-refractivity contribution is 0.349. The van der Waals surface area contributed by atoms with Crippen LogP contribution in [0.4, 0.5) is 4.39 Å². The molecule has 0 radical (unpaired) electrons. The normalized spacial score (nSPS) is 19.5. The lowest BCUT2D eigenvalue weighted by atomic mass is 9.84. The van der Waals surface area contributed by atoms with Crippen molar-refractivity contribution in [2.75, 3.05) is 13.1 Å². The van der Waals surface area contributed by atoms with Crippen LogP contribution in [0.3, 0.4) is 0 Å². The first-order valence-electron chi connectivity index (χ1n) is 9.02. The molecule has 1 saturated heterocycles. The van der Waals surface area contributed by atoms with E-state index in [9.17, 15) is 4.39 Å². The Labute approximate surface area is 146 Å². The highest BCUT2D eigenvalue weighted by atomic mass is 32.2. The van der Waals surface area contributed by atoms with Crippen LogP contribution in [-0.4, -0.2) is 23.6 Å². The number of rotatable bonds is 6. The third-order valence-electron chi connectivity index (χ3n) is 4.58. The molecular formula is C20H32FNS. The largest absolute Gasteiger partial charge is 0.246 e. The second-order valence-corrected chi connectivity index (χ2v) is 8.96. The molecule has 1 aliphatic heterocycles. The summed E-state index contributed by atoms with van der Waals surface area (Å²) in [6.07, 6.45) is 4.92. The topological polar surface area (TPSA) is 3.24 Å². The van der Waals surface area contributed by atoms with E-state index in [-0.39, 0.29) is 5.41 Å². The fourth-order valence-corrected chi connectivity index (χ4v) is 4.23. The number of hydrogen-bond acceptors (Lipinski definition) is 2. The Morgan fingerprint density at radius 2 is 2.00 bits per heavy atom. The van der Waals surface area contributed by atoms with E-state index in [0.29, 0.717) is 13.0 Å². The van der Waals surface area contributed by atoms with Gasteiger partial charge in [-0.2, -0.15) is 0 Å². The van der Waals surface area contributed by atoms with Gasteiger partial charge in [0.05, 0.1) is 0 Å². The molecule has 0 bridgehead atoms. The van der Waals surface area contributed by atoms with Gasteiger partial charge in [0.2, 0.25) is 0 Å². The second kappa shape index (κ2) is 8.02. The van der Waals surface area contributed by atoms with Gasteiger partial charge in [-0.3, -0.25) is 0 Å². The van der Waals surface area contributed by atoms with Gasteiger partial charge in [0.25, 0.3) is 0 Å². The number of benzene rings is 1. The van der Waals surface area contributed by atoms with Gasteiger partial charge in [0.1, 0.15) is 6.17 Å². The zero-order valence-corrected chi connectivity index (χ0v) is 16.2. The molecule has 1 fully saturated rings. The molecule has 1 atom stereocenters. The summed E-state index contributed by atoms with van der Waals surface area (Å²) in [7, 11) is 0. The number of alkyl halides is 1. The van der Waals surface area contributed by atoms with Crippen LogP contribution in [0.2, 0.25) is 0 Å². The predicted octanol–water partition coefficient (Wildman–Crippen LogP) is 6.08. The molecule has 130 valence electrons. The molecule has 1 aliphatic rings. The molecule has 0 aromatic heterocycles. The summed E-state index contributed by atoms with van der Waals surface area (Å²) in [4.78, 5) is 1.36. The number of nitrogens with zero attached hydrogens (tertiary/aromatic N) is 1. The van der Waals surface area contributed by atoms with Crippen molar-refractivity contribution in [3.05, 3.63) is 28.8 Å². The highest BCUT2D eigenvalue weighted by molar-refractivity contribution is 7.97. The minimum atomic E-state index is -0.653. The number of halogens is 1. The molecule has 1 aromatic carbocycles. The van der Waals surface area contributed by atoms with Crippen LogP contribution >= 0.6 is 11.9 Å². The zero-order chi connectivity index (χ0) is 17.0. The third kappa shape index (κ3) is 5.22. The fraction of sp³-hybridized carbons (Fsp3) is 0.700. The van der Waals surface area contributed by atoms with Crippen LogP contribution in [-0.2, 0) is 11.8 Å². The lowest BCUT2D eigenvalue weighted by Gasteiger charge is -2.24. The van der Waals surface area contributed by atoms with Gasteiger partial charge in [-0.1, -0.05) is 52.7 Å². The summed E-state index contributed by atoms with van der Waals surface area (Å²) in [5.74, 6) is 0. The maximum absolute atomic E-state index is 13.5. The Bertz CT molecular complexity index is 521. The fourth-order valence-electron chi connectivity index (χ4n) is 3.06. The van der Waals surface area contributed by atoms with E-state index in [1.54, 1.807) is 11.9 Å². The standard InChI is InChI=1S/C20H32FNS/c1-6-7-8-9-16-13-17(20(3,4)5)12-15(2)19(16)23-22-11-10-18(21)14-22/h12-13,18H,6-11,14H2,1-5H3. The summed E-state index contributed by atoms with van der Waals surface area (Å²) < 4.78 is 15.7. The molecule has 0 aliphatic carbocycles. The summed E-state index contributed by atoms with van der Waals surface area (Å²) in [5.41, 5.74) is 4.38. The molecule has 1 nitrogen and oxygen atoms in total. The van der Waals surface area contributed by atoms with E-state index >= 15 is 0 Å². The smallest absolute Gasteiger partial charge is 0.115 e. The Kier molecular flexibility index (Phi) is 6.56. The summed E-state index contributed by atoms with van der Waals surface area (Å²) in [6.45, 7) is 12.7. The summed E-state index contributed by atoms with van der Waals surface area (Å²) in [5, 5.41) is 0. The first kappa shape index (κ1) is 18.8. The van der Waals surface area contributed by atoms with E-state index in [2.05, 4.69) is 51.1 Å². The van der Waals surface area contributed by atoms with Gasteiger partial charge in [-0.25, -0.2) is 8.70 Å². The van der Waals surface area contributed by atoms with E-state index in [1.807, 2.05) is 0 Å². The van der Waals surface area contributed by atoms with Crippen molar-refractivity contribution >= 4 is 11.9 Å². The van der Waals surface area contributed by atoms with Crippen LogP contribution in [0, 0.1) is 6.92 Å². The van der Waals surface area contributed by atoms with Crippen molar-refractivity contribution in [2.24, 2.45) is 0 Å². The molecule has 0 N–H and O–H groups in total. The molecular weight excluding hydrogens is 305 g/mol. The molecule has 1 unspecified atom stereocenters. The Hall–Kier alpha value is -0.540. The van der Waals surface area contributed by atoms with Crippen LogP contribution < -0.4 is 0 Å². The molecule has 23 heavy (non-hydrogen) atoms. The van der Waals surface area contributed by atoms with Gasteiger partial charge in [-0.05, 0) is 60.2 Å². The zero-order valence-electron chi connectivity index (χ0n) is 15.4. The van der Waals surface area contributed by atoms with Gasteiger partial charge < -0.3 is 0 Å². The number of unbranched alkanes of at least 4 members (excludes halogenated alkanes) is 2. The minimum absolute atomic E-state index is 0.172. The summed E-state index contributed by atoms with van der Waals surface area (Å²) in [6, 6.07) is 4.72. The monoisotopic (exact) mass is 337 g/mol. The maximum atomic E-state index is 13.5. The highest BCUT2D eigenvalue weighted by Gasteiger charge is 2.25. The van der Waals surface area contributed by atoms with Crippen molar-refractivity contribution in [2.45, 2.75) is 83.2 Å². The van der Waals surface area contributed by atoms with E-state index < -0.39 is 6.17 Å². The van der Waals surface area contributed by atoms with Crippen LogP contribution in [0.1, 0.15) is 70.1 Å². The van der Waals surface area contributed by atoms with Gasteiger partial charge in [0, 0.05) is 18.0 Å². The van der Waals surface area contributed by atoms with Crippen molar-refractivity contribution in [1.29, 1.82) is 0 Å². The molecule has 1 aromatic rings. The van der Waals surface area contributed by atoms with Crippen LogP contribution in [0.5, 0.6) is 0 Å². The molecule has 3 heteroatoms. The highest BCUT2D eigenvalue weighted by Crippen LogP contribution is 2.36. The first-order chi connectivity index (χ1) is 10.8. The molecule has 1 heterocycles. The van der Waals surface area contributed by atoms with Gasteiger partial charge in [0.15, 0.2) is 0 Å². The number of hydrogen-bond donors (Lipinski definition) is 0. The van der Waals surface area contributed by atoms with Crippen LogP contribution in [0.15, 0.2) is 17.0 Å². The molecule has 0 saturated carbocycles. The Morgan fingerprint density at radius 1 is 1.26 bits per heavy atom. The molecule has 0 spiro atoms. The quantitative estimate of drug-likeness (QED) is 0.457. The van der Waals surface area contributed by atoms with Crippen molar-refractivity contribution in [3.63, 3.8) is 0 Å². The second-order valence-electron chi connectivity index (χ2n) is 7.85. The predicted molar refractivity (Wildman–Crippen MR) is 100 cm³/mol. The minimum Gasteiger partial charge on any atom is -0.246 e. The Morgan fingerprint density at radius 3 is 2.57 bits per heavy atom. The maximum Gasteiger partial charge on any atom is 0.115 e. The molecule has 0 amide bonds. The van der Waals surface area contributed by atoms with Crippen molar-refractivity contribution in [3.8, 4) is 0 Å². The van der Waals surface area contributed by atoms with Crippen molar-refractivity contribution in [1.82, 2.24) is 4.31 Å². The van der Waals surface area contributed by atoms with Crippen LogP contribution in [0.25, 0.3) is 0 Å².